The minimum atomic E-state index is -0.119. The van der Waals surface area contributed by atoms with Gasteiger partial charge in [0.25, 0.3) is 0 Å². The first-order chi connectivity index (χ1) is 8.13. The molecule has 0 saturated carbocycles. The first kappa shape index (κ1) is 13.2. The predicted molar refractivity (Wildman–Crippen MR) is 64.2 cm³/mol. The Labute approximate surface area is 101 Å². The molecule has 0 bridgehead atoms. The van der Waals surface area contributed by atoms with E-state index in [1.54, 1.807) is 6.07 Å². The zero-order valence-corrected chi connectivity index (χ0v) is 10.3. The summed E-state index contributed by atoms with van der Waals surface area (Å²) in [6.45, 7) is 5.96. The Bertz CT molecular complexity index is 424. The molecule has 0 aliphatic heterocycles. The van der Waals surface area contributed by atoms with Crippen molar-refractivity contribution in [3.05, 3.63) is 23.3 Å². The van der Waals surface area contributed by atoms with Gasteiger partial charge < -0.3 is 9.47 Å². The largest absolute Gasteiger partial charge is 0.493 e. The van der Waals surface area contributed by atoms with Crippen molar-refractivity contribution < 1.29 is 19.1 Å². The Balaban J connectivity index is 3.30. The molecule has 0 saturated heterocycles. The van der Waals surface area contributed by atoms with Crippen LogP contribution >= 0.6 is 0 Å². The van der Waals surface area contributed by atoms with Crippen molar-refractivity contribution in [2.75, 3.05) is 13.2 Å². The smallest absolute Gasteiger partial charge is 0.163 e. The summed E-state index contributed by atoms with van der Waals surface area (Å²) in [5, 5.41) is 0. The summed E-state index contributed by atoms with van der Waals surface area (Å²) in [6.07, 6.45) is 0.692. The molecule has 0 aromatic heterocycles. The van der Waals surface area contributed by atoms with Crippen molar-refractivity contribution in [2.24, 2.45) is 0 Å². The van der Waals surface area contributed by atoms with E-state index in [0.29, 0.717) is 42.1 Å². The van der Waals surface area contributed by atoms with E-state index in [4.69, 9.17) is 9.47 Å². The molecule has 0 amide bonds. The fraction of sp³-hybridized carbons (Fsp3) is 0.385. The third-order valence-corrected chi connectivity index (χ3v) is 2.22. The van der Waals surface area contributed by atoms with Crippen molar-refractivity contribution in [1.82, 2.24) is 0 Å². The van der Waals surface area contributed by atoms with Crippen LogP contribution in [0.2, 0.25) is 0 Å². The minimum absolute atomic E-state index is 0.119. The van der Waals surface area contributed by atoms with E-state index in [1.807, 2.05) is 13.8 Å². The number of Topliss-reactive ketones (excluding diaryl/α,β-unsaturated/α-hetero) is 1. The van der Waals surface area contributed by atoms with Crippen LogP contribution in [-0.4, -0.2) is 25.3 Å². The normalized spacial score (nSPS) is 9.82. The molecule has 0 N–H and O–H groups in total. The molecule has 0 spiro atoms. The van der Waals surface area contributed by atoms with Gasteiger partial charge in [-0.3, -0.25) is 9.59 Å². The summed E-state index contributed by atoms with van der Waals surface area (Å²) in [5.41, 5.74) is 0.821. The maximum atomic E-state index is 11.5. The second-order valence-corrected chi connectivity index (χ2v) is 3.43. The van der Waals surface area contributed by atoms with E-state index < -0.39 is 0 Å². The number of hydrogen-bond donors (Lipinski definition) is 0. The van der Waals surface area contributed by atoms with Crippen LogP contribution in [-0.2, 0) is 0 Å². The molecule has 1 aromatic rings. The number of carbonyl (C=O) groups is 2. The lowest BCUT2D eigenvalue weighted by atomic mass is 10.1. The summed E-state index contributed by atoms with van der Waals surface area (Å²) in [4.78, 5) is 22.4. The van der Waals surface area contributed by atoms with Gasteiger partial charge in [-0.1, -0.05) is 0 Å². The van der Waals surface area contributed by atoms with Crippen LogP contribution in [0, 0.1) is 0 Å². The van der Waals surface area contributed by atoms with Crippen molar-refractivity contribution >= 4 is 12.1 Å². The van der Waals surface area contributed by atoms with Crippen molar-refractivity contribution in [1.29, 1.82) is 0 Å². The van der Waals surface area contributed by atoms with E-state index in [-0.39, 0.29) is 5.78 Å². The highest BCUT2D eigenvalue weighted by Gasteiger charge is 2.14. The van der Waals surface area contributed by atoms with Crippen LogP contribution < -0.4 is 9.47 Å². The summed E-state index contributed by atoms with van der Waals surface area (Å²) >= 11 is 0. The van der Waals surface area contributed by atoms with Crippen molar-refractivity contribution in [2.45, 2.75) is 20.8 Å². The van der Waals surface area contributed by atoms with Gasteiger partial charge in [0.2, 0.25) is 0 Å². The van der Waals surface area contributed by atoms with Gasteiger partial charge in [0.1, 0.15) is 11.5 Å². The van der Waals surface area contributed by atoms with Crippen LogP contribution in [0.5, 0.6) is 11.5 Å². The quantitative estimate of drug-likeness (QED) is 0.562. The zero-order chi connectivity index (χ0) is 12.8. The number of benzene rings is 1. The van der Waals surface area contributed by atoms with Crippen LogP contribution in [0.3, 0.4) is 0 Å². The second kappa shape index (κ2) is 6.03. The van der Waals surface area contributed by atoms with E-state index in [2.05, 4.69) is 0 Å². The fourth-order valence-electron chi connectivity index (χ4n) is 1.50. The zero-order valence-electron chi connectivity index (χ0n) is 10.3. The maximum absolute atomic E-state index is 11.5. The molecule has 0 unspecified atom stereocenters. The molecular weight excluding hydrogens is 220 g/mol. The van der Waals surface area contributed by atoms with E-state index in [0.717, 1.165) is 0 Å². The summed E-state index contributed by atoms with van der Waals surface area (Å²) in [7, 11) is 0. The van der Waals surface area contributed by atoms with Crippen LogP contribution in [0.1, 0.15) is 41.5 Å². The lowest BCUT2D eigenvalue weighted by molar-refractivity contribution is 0.101. The molecule has 0 atom stereocenters. The first-order valence-electron chi connectivity index (χ1n) is 5.53. The fourth-order valence-corrected chi connectivity index (χ4v) is 1.50. The third-order valence-electron chi connectivity index (χ3n) is 2.22. The molecule has 0 aliphatic rings. The highest BCUT2D eigenvalue weighted by molar-refractivity contribution is 5.98. The van der Waals surface area contributed by atoms with Gasteiger partial charge in [0.15, 0.2) is 12.1 Å². The van der Waals surface area contributed by atoms with Crippen molar-refractivity contribution in [3.63, 3.8) is 0 Å². The number of aldehydes is 1. The van der Waals surface area contributed by atoms with Gasteiger partial charge in [-0.25, -0.2) is 0 Å². The number of rotatable bonds is 6. The van der Waals surface area contributed by atoms with Gasteiger partial charge in [-0.05, 0) is 32.9 Å². The predicted octanol–water partition coefficient (Wildman–Crippen LogP) is 2.50. The molecule has 0 aliphatic carbocycles. The molecule has 4 heteroatoms. The standard InChI is InChI=1S/C13H16O4/c1-4-16-12-7-11(9(3)15)13(17-5-2)6-10(12)8-14/h6-8H,4-5H2,1-3H3. The average Bonchev–Trinajstić information content (AvgIpc) is 2.30. The minimum Gasteiger partial charge on any atom is -0.493 e. The number of carbonyl (C=O) groups excluding carboxylic acids is 2. The topological polar surface area (TPSA) is 52.6 Å². The average molecular weight is 236 g/mol. The van der Waals surface area contributed by atoms with Crippen molar-refractivity contribution in [3.8, 4) is 11.5 Å². The lowest BCUT2D eigenvalue weighted by Crippen LogP contribution is -2.04. The first-order valence-corrected chi connectivity index (χ1v) is 5.53. The van der Waals surface area contributed by atoms with Crippen LogP contribution in [0.15, 0.2) is 12.1 Å². The molecule has 1 rings (SSSR count). The summed E-state index contributed by atoms with van der Waals surface area (Å²) in [6, 6.07) is 3.10. The molecule has 1 aromatic carbocycles. The van der Waals surface area contributed by atoms with Gasteiger partial charge in [0.05, 0.1) is 24.3 Å². The Morgan fingerprint density at radius 2 is 1.76 bits per heavy atom. The van der Waals surface area contributed by atoms with E-state index in [1.165, 1.54) is 13.0 Å². The Hall–Kier alpha value is -1.84. The second-order valence-electron chi connectivity index (χ2n) is 3.43. The summed E-state index contributed by atoms with van der Waals surface area (Å²) < 4.78 is 10.7. The number of hydrogen-bond acceptors (Lipinski definition) is 4. The molecule has 0 heterocycles. The number of ether oxygens (including phenoxy) is 2. The highest BCUT2D eigenvalue weighted by atomic mass is 16.5. The van der Waals surface area contributed by atoms with E-state index >= 15 is 0 Å². The highest BCUT2D eigenvalue weighted by Crippen LogP contribution is 2.28. The number of ketones is 1. The lowest BCUT2D eigenvalue weighted by Gasteiger charge is -2.12. The Morgan fingerprint density at radius 1 is 1.18 bits per heavy atom. The Kier molecular flexibility index (Phi) is 4.69. The van der Waals surface area contributed by atoms with Crippen LogP contribution in [0.25, 0.3) is 0 Å². The van der Waals surface area contributed by atoms with Crippen LogP contribution in [0.4, 0.5) is 0 Å². The SMILES string of the molecule is CCOc1cc(C(C)=O)c(OCC)cc1C=O. The molecular formula is C13H16O4. The molecule has 4 nitrogen and oxygen atoms in total. The monoisotopic (exact) mass is 236 g/mol. The third kappa shape index (κ3) is 3.06. The van der Waals surface area contributed by atoms with E-state index in [9.17, 15) is 9.59 Å². The van der Waals surface area contributed by atoms with Gasteiger partial charge in [-0.15, -0.1) is 0 Å². The summed E-state index contributed by atoms with van der Waals surface area (Å²) in [5.74, 6) is 0.716. The molecule has 0 radical (unpaired) electrons. The molecule has 92 valence electrons. The van der Waals surface area contributed by atoms with Gasteiger partial charge in [0, 0.05) is 0 Å². The van der Waals surface area contributed by atoms with Gasteiger partial charge >= 0.3 is 0 Å². The molecule has 0 fully saturated rings. The van der Waals surface area contributed by atoms with Gasteiger partial charge in [-0.2, -0.15) is 0 Å². The molecule has 17 heavy (non-hydrogen) atoms. The Morgan fingerprint density at radius 3 is 2.24 bits per heavy atom. The maximum Gasteiger partial charge on any atom is 0.163 e.